The molecule has 19 nitrogen and oxygen atoms in total. The van der Waals surface area contributed by atoms with Crippen molar-refractivity contribution in [3.8, 4) is 0 Å². The molecule has 0 aromatic carbocycles. The lowest BCUT2D eigenvalue weighted by molar-refractivity contribution is -0.379. The van der Waals surface area contributed by atoms with E-state index in [0.29, 0.717) is 25.7 Å². The Morgan fingerprint density at radius 3 is 1.38 bits per heavy atom. The SMILES string of the molecule is CC/C=C\C/C=C\C/C=C\C/C=C\C/C=C\C/C=C\CCC(=O)NC(COC1OC(CO)C(OC2OC(CO)C(OC3OC(CO)C(O)C(O)C3O)C(O)C2O)C(O)C1O)C(O)CCCCCCCCCCCC. The van der Waals surface area contributed by atoms with Crippen molar-refractivity contribution >= 4 is 5.91 Å². The van der Waals surface area contributed by atoms with Crippen molar-refractivity contribution in [3.05, 3.63) is 72.9 Å². The number of hydrogen-bond acceptors (Lipinski definition) is 18. The number of nitrogens with one attached hydrogen (secondary N) is 1. The topological polar surface area (TPSA) is 307 Å². The van der Waals surface area contributed by atoms with Crippen LogP contribution in [0.1, 0.15) is 136 Å². The normalized spacial score (nSPS) is 32.0. The zero-order valence-corrected chi connectivity index (χ0v) is 43.8. The molecule has 0 aliphatic carbocycles. The number of ether oxygens (including phenoxy) is 6. The third kappa shape index (κ3) is 23.5. The fourth-order valence-corrected chi connectivity index (χ4v) is 8.80. The van der Waals surface area contributed by atoms with Crippen molar-refractivity contribution in [1.29, 1.82) is 0 Å². The third-order valence-corrected chi connectivity index (χ3v) is 13.3. The molecule has 0 spiro atoms. The van der Waals surface area contributed by atoms with Gasteiger partial charge in [-0.25, -0.2) is 0 Å². The smallest absolute Gasteiger partial charge is 0.220 e. The van der Waals surface area contributed by atoms with Gasteiger partial charge in [-0.3, -0.25) is 4.79 Å². The molecule has 3 rings (SSSR count). The first-order chi connectivity index (χ1) is 35.8. The summed E-state index contributed by atoms with van der Waals surface area (Å²) in [7, 11) is 0. The van der Waals surface area contributed by atoms with E-state index in [0.717, 1.165) is 57.8 Å². The summed E-state index contributed by atoms with van der Waals surface area (Å²) in [6.07, 6.45) is 16.0. The minimum absolute atomic E-state index is 0.137. The van der Waals surface area contributed by atoms with Gasteiger partial charge in [0.1, 0.15) is 73.2 Å². The minimum atomic E-state index is -1.98. The van der Waals surface area contributed by atoms with Gasteiger partial charge in [0.05, 0.1) is 38.6 Å². The number of rotatable bonds is 37. The summed E-state index contributed by atoms with van der Waals surface area (Å²) >= 11 is 0. The number of carbonyl (C=O) groups excluding carboxylic acids is 1. The first kappa shape index (κ1) is 65.5. The molecule has 12 N–H and O–H groups in total. The van der Waals surface area contributed by atoms with E-state index in [1.165, 1.54) is 32.1 Å². The van der Waals surface area contributed by atoms with Crippen molar-refractivity contribution < 1.29 is 89.4 Å². The van der Waals surface area contributed by atoms with E-state index in [1.807, 2.05) is 12.2 Å². The molecule has 1 amide bonds. The van der Waals surface area contributed by atoms with Crippen molar-refractivity contribution in [2.45, 2.75) is 240 Å². The first-order valence-corrected chi connectivity index (χ1v) is 27.2. The Balaban J connectivity index is 1.54. The van der Waals surface area contributed by atoms with Gasteiger partial charge in [0.25, 0.3) is 0 Å². The average molecular weight is 1060 g/mol. The van der Waals surface area contributed by atoms with Crippen LogP contribution < -0.4 is 5.32 Å². The van der Waals surface area contributed by atoms with Crippen LogP contribution in [0.2, 0.25) is 0 Å². The number of hydrogen-bond donors (Lipinski definition) is 12. The lowest BCUT2D eigenvalue weighted by Gasteiger charge is -2.48. The lowest BCUT2D eigenvalue weighted by Crippen LogP contribution is -2.66. The van der Waals surface area contributed by atoms with Gasteiger partial charge in [-0.15, -0.1) is 0 Å². The van der Waals surface area contributed by atoms with E-state index >= 15 is 0 Å². The van der Waals surface area contributed by atoms with Crippen molar-refractivity contribution in [2.75, 3.05) is 26.4 Å². The number of amides is 1. The highest BCUT2D eigenvalue weighted by molar-refractivity contribution is 5.76. The molecular formula is C55H93NO18. The standard InChI is InChI=1S/C55H93NO18/c1-3-5-7-9-11-13-15-16-17-18-19-20-21-22-23-25-27-29-31-33-43(61)56-38(39(60)32-30-28-26-24-14-12-10-8-6-4-2)37-69-53-49(67)46(64)51(41(35-58)71-53)74-55-50(68)47(65)52(42(36-59)72-55)73-54-48(66)45(63)44(62)40(34-57)70-54/h5,7,11,13,16-17,19-20,22-23,27,29,38-42,44-55,57-60,62-68H,3-4,6,8-10,12,14-15,18,21,24-26,28,30-37H2,1-2H3,(H,56,61)/b7-5-,13-11-,17-16-,20-19-,23-22-,29-27-. The minimum Gasteiger partial charge on any atom is -0.394 e. The van der Waals surface area contributed by atoms with Crippen LogP contribution in [0.3, 0.4) is 0 Å². The van der Waals surface area contributed by atoms with Gasteiger partial charge < -0.3 is 89.9 Å². The van der Waals surface area contributed by atoms with Crippen molar-refractivity contribution in [3.63, 3.8) is 0 Å². The Morgan fingerprint density at radius 2 is 0.905 bits per heavy atom. The number of unbranched alkanes of at least 4 members (excludes halogenated alkanes) is 9. The van der Waals surface area contributed by atoms with Gasteiger partial charge in [0.15, 0.2) is 18.9 Å². The maximum atomic E-state index is 13.2. The Morgan fingerprint density at radius 1 is 0.500 bits per heavy atom. The van der Waals surface area contributed by atoms with E-state index in [-0.39, 0.29) is 18.9 Å². The second-order valence-corrected chi connectivity index (χ2v) is 19.3. The summed E-state index contributed by atoms with van der Waals surface area (Å²) in [6.45, 7) is 1.55. The monoisotopic (exact) mass is 1060 g/mol. The van der Waals surface area contributed by atoms with Gasteiger partial charge in [0.2, 0.25) is 5.91 Å². The zero-order valence-electron chi connectivity index (χ0n) is 43.8. The van der Waals surface area contributed by atoms with Crippen LogP contribution in [0.25, 0.3) is 0 Å². The molecular weight excluding hydrogens is 963 g/mol. The predicted molar refractivity (Wildman–Crippen MR) is 277 cm³/mol. The van der Waals surface area contributed by atoms with Gasteiger partial charge in [0, 0.05) is 6.42 Å². The van der Waals surface area contributed by atoms with Gasteiger partial charge in [-0.1, -0.05) is 151 Å². The highest BCUT2D eigenvalue weighted by atomic mass is 16.8. The summed E-state index contributed by atoms with van der Waals surface area (Å²) < 4.78 is 34.1. The number of carbonyl (C=O) groups is 1. The molecule has 0 aromatic rings. The van der Waals surface area contributed by atoms with Crippen molar-refractivity contribution in [2.24, 2.45) is 0 Å². The molecule has 3 aliphatic heterocycles. The number of aliphatic hydroxyl groups is 11. The molecule has 3 fully saturated rings. The summed E-state index contributed by atoms with van der Waals surface area (Å²) in [6, 6.07) is -0.929. The molecule has 3 aliphatic rings. The summed E-state index contributed by atoms with van der Waals surface area (Å²) in [5.41, 5.74) is 0. The van der Waals surface area contributed by atoms with Crippen LogP contribution >= 0.6 is 0 Å². The quantitative estimate of drug-likeness (QED) is 0.0314. The number of aliphatic hydroxyl groups excluding tert-OH is 11. The summed E-state index contributed by atoms with van der Waals surface area (Å²) in [5, 5.41) is 120. The molecule has 3 heterocycles. The lowest BCUT2D eigenvalue weighted by atomic mass is 9.96. The van der Waals surface area contributed by atoms with Crippen LogP contribution in [0.15, 0.2) is 72.9 Å². The Kier molecular flexibility index (Phi) is 34.3. The molecule has 426 valence electrons. The van der Waals surface area contributed by atoms with Gasteiger partial charge in [-0.2, -0.15) is 0 Å². The number of allylic oxidation sites excluding steroid dienone is 12. The van der Waals surface area contributed by atoms with Gasteiger partial charge >= 0.3 is 0 Å². The summed E-state index contributed by atoms with van der Waals surface area (Å²) in [5.74, 6) is -0.331. The second kappa shape index (κ2) is 38.7. The fraction of sp³-hybridized carbons (Fsp3) is 0.764. The van der Waals surface area contributed by atoms with Crippen LogP contribution in [-0.2, 0) is 33.2 Å². The van der Waals surface area contributed by atoms with E-state index in [1.54, 1.807) is 0 Å². The largest absolute Gasteiger partial charge is 0.394 e. The molecule has 17 unspecified atom stereocenters. The Hall–Kier alpha value is -2.77. The molecule has 17 atom stereocenters. The molecule has 19 heteroatoms. The first-order valence-electron chi connectivity index (χ1n) is 27.2. The predicted octanol–water partition coefficient (Wildman–Crippen LogP) is 3.09. The van der Waals surface area contributed by atoms with E-state index in [4.69, 9.17) is 28.4 Å². The van der Waals surface area contributed by atoms with Gasteiger partial charge in [-0.05, 0) is 51.4 Å². The van der Waals surface area contributed by atoms with Crippen LogP contribution in [-0.4, -0.2) is 193 Å². The Bertz CT molecular complexity index is 1640. The second-order valence-electron chi connectivity index (χ2n) is 19.3. The molecule has 0 radical (unpaired) electrons. The average Bonchev–Trinajstić information content (AvgIpc) is 3.40. The molecule has 3 saturated heterocycles. The highest BCUT2D eigenvalue weighted by Crippen LogP contribution is 2.33. The fourth-order valence-electron chi connectivity index (χ4n) is 8.80. The molecule has 74 heavy (non-hydrogen) atoms. The molecule has 0 aromatic heterocycles. The Labute approximate surface area is 438 Å². The third-order valence-electron chi connectivity index (χ3n) is 13.3. The zero-order chi connectivity index (χ0) is 54.1. The van der Waals surface area contributed by atoms with E-state index in [2.05, 4.69) is 79.9 Å². The van der Waals surface area contributed by atoms with E-state index < -0.39 is 124 Å². The maximum Gasteiger partial charge on any atom is 0.220 e. The van der Waals surface area contributed by atoms with Crippen molar-refractivity contribution in [1.82, 2.24) is 5.32 Å². The summed E-state index contributed by atoms with van der Waals surface area (Å²) in [4.78, 5) is 13.2. The highest BCUT2D eigenvalue weighted by Gasteiger charge is 2.53. The molecule has 0 bridgehead atoms. The van der Waals surface area contributed by atoms with Crippen LogP contribution in [0.5, 0.6) is 0 Å². The van der Waals surface area contributed by atoms with E-state index in [9.17, 15) is 61.0 Å². The molecule has 0 saturated carbocycles. The van der Waals surface area contributed by atoms with Crippen LogP contribution in [0, 0.1) is 0 Å². The van der Waals surface area contributed by atoms with Crippen LogP contribution in [0.4, 0.5) is 0 Å². The maximum absolute atomic E-state index is 13.2.